The summed E-state index contributed by atoms with van der Waals surface area (Å²) in [5, 5.41) is 15.4. The van der Waals surface area contributed by atoms with Crippen molar-refractivity contribution in [2.24, 2.45) is 0 Å². The van der Waals surface area contributed by atoms with Crippen LogP contribution in [0.15, 0.2) is 29.3 Å². The molecule has 2 atom stereocenters. The zero-order chi connectivity index (χ0) is 24.1. The summed E-state index contributed by atoms with van der Waals surface area (Å²) in [7, 11) is 0. The maximum Gasteiger partial charge on any atom is 0.269 e. The Morgan fingerprint density at radius 1 is 1.29 bits per heavy atom. The third-order valence-electron chi connectivity index (χ3n) is 6.68. The number of nitriles is 1. The minimum absolute atomic E-state index is 0.0654. The maximum atomic E-state index is 12.8. The van der Waals surface area contributed by atoms with E-state index >= 15 is 0 Å². The topological polar surface area (TPSA) is 118 Å². The van der Waals surface area contributed by atoms with E-state index in [0.29, 0.717) is 50.4 Å². The molecule has 0 radical (unpaired) electrons. The van der Waals surface area contributed by atoms with Gasteiger partial charge in [-0.3, -0.25) is 9.59 Å². The Kier molecular flexibility index (Phi) is 7.43. The van der Waals surface area contributed by atoms with Crippen LogP contribution in [-0.2, 0) is 9.53 Å². The molecule has 10 nitrogen and oxygen atoms in total. The number of rotatable bonds is 7. The highest BCUT2D eigenvalue weighted by Gasteiger charge is 2.29. The molecule has 0 bridgehead atoms. The maximum absolute atomic E-state index is 12.8. The standard InChI is InChI=1S/C24H31N7O3/c1-17-15-29(22-6-5-19(12-25)13-26-22)9-10-30(17)23(32)7-11-34-16-20-4-3-8-31(20)21-14-27-28-24(33)18(21)2/h5-6,13-14,17,20H,3-4,7-11,15-16H2,1-2H3,(H,28,33)/t17-,20-/m0/s1. The van der Waals surface area contributed by atoms with Crippen molar-refractivity contribution in [2.45, 2.75) is 45.2 Å². The molecule has 2 aliphatic heterocycles. The van der Waals surface area contributed by atoms with Gasteiger partial charge in [-0.25, -0.2) is 10.1 Å². The number of nitrogens with one attached hydrogen (secondary N) is 1. The number of nitrogens with zero attached hydrogens (tertiary/aromatic N) is 6. The van der Waals surface area contributed by atoms with E-state index in [1.165, 1.54) is 0 Å². The summed E-state index contributed by atoms with van der Waals surface area (Å²) >= 11 is 0. The van der Waals surface area contributed by atoms with Gasteiger partial charge in [-0.2, -0.15) is 10.4 Å². The normalized spacial score (nSPS) is 20.4. The van der Waals surface area contributed by atoms with Gasteiger partial charge >= 0.3 is 0 Å². The first-order valence-corrected chi connectivity index (χ1v) is 11.8. The number of aromatic amines is 1. The highest BCUT2D eigenvalue weighted by molar-refractivity contribution is 5.77. The predicted molar refractivity (Wildman–Crippen MR) is 128 cm³/mol. The number of hydrogen-bond donors (Lipinski definition) is 1. The monoisotopic (exact) mass is 465 g/mol. The van der Waals surface area contributed by atoms with Crippen molar-refractivity contribution >= 4 is 17.4 Å². The van der Waals surface area contributed by atoms with Gasteiger partial charge in [0, 0.05) is 44.0 Å². The lowest BCUT2D eigenvalue weighted by Gasteiger charge is -2.40. The number of amides is 1. The van der Waals surface area contributed by atoms with E-state index in [-0.39, 0.29) is 23.6 Å². The average Bonchev–Trinajstić information content (AvgIpc) is 3.31. The quantitative estimate of drug-likeness (QED) is 0.611. The molecule has 0 aromatic carbocycles. The SMILES string of the molecule is Cc1c(N2CCC[C@H]2COCCC(=O)N2CCN(c3ccc(C#N)cn3)C[C@@H]2C)cn[nH]c1=O. The Morgan fingerprint density at radius 3 is 2.88 bits per heavy atom. The molecule has 180 valence electrons. The van der Waals surface area contributed by atoms with Crippen molar-refractivity contribution in [3.8, 4) is 6.07 Å². The molecule has 2 aromatic rings. The van der Waals surface area contributed by atoms with Crippen molar-refractivity contribution in [3.05, 3.63) is 46.0 Å². The second-order valence-corrected chi connectivity index (χ2v) is 8.92. The van der Waals surface area contributed by atoms with Gasteiger partial charge in [-0.05, 0) is 38.8 Å². The van der Waals surface area contributed by atoms with Gasteiger partial charge < -0.3 is 19.4 Å². The van der Waals surface area contributed by atoms with Gasteiger partial charge in [0.2, 0.25) is 5.91 Å². The second-order valence-electron chi connectivity index (χ2n) is 8.92. The fraction of sp³-hybridized carbons (Fsp3) is 0.542. The Labute approximate surface area is 199 Å². The summed E-state index contributed by atoms with van der Waals surface area (Å²) in [4.78, 5) is 35.3. The highest BCUT2D eigenvalue weighted by atomic mass is 16.5. The molecule has 10 heteroatoms. The van der Waals surface area contributed by atoms with Gasteiger partial charge in [0.15, 0.2) is 0 Å². The van der Waals surface area contributed by atoms with Crippen molar-refractivity contribution in [1.29, 1.82) is 5.26 Å². The summed E-state index contributed by atoms with van der Waals surface area (Å²) < 4.78 is 5.91. The van der Waals surface area contributed by atoms with Crippen molar-refractivity contribution in [3.63, 3.8) is 0 Å². The van der Waals surface area contributed by atoms with E-state index < -0.39 is 0 Å². The van der Waals surface area contributed by atoms with Crippen LogP contribution < -0.4 is 15.4 Å². The third kappa shape index (κ3) is 5.20. The van der Waals surface area contributed by atoms with E-state index in [9.17, 15) is 9.59 Å². The molecule has 1 amide bonds. The van der Waals surface area contributed by atoms with Gasteiger partial charge in [-0.1, -0.05) is 0 Å². The Balaban J connectivity index is 1.23. The Hall–Kier alpha value is -3.45. The third-order valence-corrected chi connectivity index (χ3v) is 6.68. The van der Waals surface area contributed by atoms with Gasteiger partial charge in [0.1, 0.15) is 11.9 Å². The van der Waals surface area contributed by atoms with Crippen LogP contribution in [0, 0.1) is 18.3 Å². The van der Waals surface area contributed by atoms with E-state index in [2.05, 4.69) is 31.1 Å². The molecule has 4 heterocycles. The van der Waals surface area contributed by atoms with Crippen LogP contribution in [0.5, 0.6) is 0 Å². The lowest BCUT2D eigenvalue weighted by molar-refractivity contribution is -0.134. The van der Waals surface area contributed by atoms with Crippen molar-refractivity contribution in [1.82, 2.24) is 20.1 Å². The minimum atomic E-state index is -0.168. The molecule has 0 unspecified atom stereocenters. The number of ether oxygens (including phenoxy) is 1. The summed E-state index contributed by atoms with van der Waals surface area (Å²) in [5.74, 6) is 0.922. The summed E-state index contributed by atoms with van der Waals surface area (Å²) in [6, 6.07) is 5.94. The molecule has 4 rings (SSSR count). The first-order valence-electron chi connectivity index (χ1n) is 11.8. The molecule has 2 saturated heterocycles. The Bertz CT molecular complexity index is 1090. The van der Waals surface area contributed by atoms with Crippen LogP contribution in [0.25, 0.3) is 0 Å². The lowest BCUT2D eigenvalue weighted by atomic mass is 10.1. The van der Waals surface area contributed by atoms with E-state index in [0.717, 1.165) is 30.9 Å². The largest absolute Gasteiger partial charge is 0.379 e. The van der Waals surface area contributed by atoms with Crippen LogP contribution in [0.1, 0.15) is 37.3 Å². The zero-order valence-electron chi connectivity index (χ0n) is 19.7. The number of carbonyl (C=O) groups excluding carboxylic acids is 1. The van der Waals surface area contributed by atoms with Crippen LogP contribution in [-0.4, -0.2) is 77.5 Å². The van der Waals surface area contributed by atoms with Crippen molar-refractivity contribution < 1.29 is 9.53 Å². The fourth-order valence-electron chi connectivity index (χ4n) is 4.76. The number of pyridine rings is 1. The summed E-state index contributed by atoms with van der Waals surface area (Å²) in [6.07, 6.45) is 5.65. The number of piperazine rings is 1. The highest BCUT2D eigenvalue weighted by Crippen LogP contribution is 2.26. The van der Waals surface area contributed by atoms with Crippen LogP contribution in [0.2, 0.25) is 0 Å². The molecule has 2 aliphatic rings. The first kappa shape index (κ1) is 23.7. The van der Waals surface area contributed by atoms with Crippen molar-refractivity contribution in [2.75, 3.05) is 49.2 Å². The second kappa shape index (κ2) is 10.7. The average molecular weight is 466 g/mol. The molecule has 34 heavy (non-hydrogen) atoms. The molecule has 2 aromatic heterocycles. The number of H-pyrrole nitrogens is 1. The summed E-state index contributed by atoms with van der Waals surface area (Å²) in [5.41, 5.74) is 1.89. The number of anilines is 2. The zero-order valence-corrected chi connectivity index (χ0v) is 19.7. The number of aromatic nitrogens is 3. The van der Waals surface area contributed by atoms with E-state index in [1.54, 1.807) is 18.5 Å². The first-order chi connectivity index (χ1) is 16.5. The van der Waals surface area contributed by atoms with Crippen LogP contribution in [0.3, 0.4) is 0 Å². The van der Waals surface area contributed by atoms with E-state index in [4.69, 9.17) is 10.00 Å². The van der Waals surface area contributed by atoms with Gasteiger partial charge in [0.25, 0.3) is 5.56 Å². The van der Waals surface area contributed by atoms with Crippen LogP contribution >= 0.6 is 0 Å². The lowest BCUT2D eigenvalue weighted by Crippen LogP contribution is -2.54. The molecule has 1 N–H and O–H groups in total. The molecule has 0 aliphatic carbocycles. The Morgan fingerprint density at radius 2 is 2.15 bits per heavy atom. The molecule has 0 saturated carbocycles. The van der Waals surface area contributed by atoms with Gasteiger partial charge in [0.05, 0.1) is 43.1 Å². The number of hydrogen-bond acceptors (Lipinski definition) is 8. The molecule has 2 fully saturated rings. The molecular formula is C24H31N7O3. The fourth-order valence-corrected chi connectivity index (χ4v) is 4.76. The summed E-state index contributed by atoms with van der Waals surface area (Å²) in [6.45, 7) is 7.66. The van der Waals surface area contributed by atoms with Crippen LogP contribution in [0.4, 0.5) is 11.5 Å². The minimum Gasteiger partial charge on any atom is -0.379 e. The smallest absolute Gasteiger partial charge is 0.269 e. The number of carbonyl (C=O) groups is 1. The molecular weight excluding hydrogens is 434 g/mol. The van der Waals surface area contributed by atoms with Gasteiger partial charge in [-0.15, -0.1) is 0 Å². The molecule has 0 spiro atoms. The predicted octanol–water partition coefficient (Wildman–Crippen LogP) is 1.46. The van der Waals surface area contributed by atoms with E-state index in [1.807, 2.05) is 24.8 Å².